The van der Waals surface area contributed by atoms with Crippen molar-refractivity contribution < 1.29 is 4.42 Å². The Balaban J connectivity index is 1.33. The van der Waals surface area contributed by atoms with Gasteiger partial charge < -0.3 is 14.2 Å². The molecule has 0 atom stereocenters. The van der Waals surface area contributed by atoms with Crippen molar-refractivity contribution in [1.29, 1.82) is 0 Å². The van der Waals surface area contributed by atoms with Gasteiger partial charge in [0.05, 0.1) is 5.69 Å². The minimum atomic E-state index is 0.898. The molecule has 3 heteroatoms. The number of benzene rings is 6. The third-order valence-corrected chi connectivity index (χ3v) is 7.83. The number of furan rings is 1. The van der Waals surface area contributed by atoms with Crippen molar-refractivity contribution in [2.24, 2.45) is 0 Å². The summed E-state index contributed by atoms with van der Waals surface area (Å²) >= 11 is 0. The molecule has 1 aliphatic rings. The smallest absolute Gasteiger partial charge is 0.135 e. The summed E-state index contributed by atoms with van der Waals surface area (Å²) in [6, 6.07) is 51.6. The summed E-state index contributed by atoms with van der Waals surface area (Å²) in [6.07, 6.45) is 0.910. The quantitative estimate of drug-likeness (QED) is 0.233. The SMILES string of the molecule is c1ccc(N(c2ccc3c(c2)N(c2ccccc2)c2ccccc2C3)c2ccc3oc4ccccc4c3c2)cc1. The zero-order valence-electron chi connectivity index (χ0n) is 21.9. The third-order valence-electron chi connectivity index (χ3n) is 7.83. The number of rotatable bonds is 4. The van der Waals surface area contributed by atoms with Crippen molar-refractivity contribution in [3.05, 3.63) is 157 Å². The number of fused-ring (bicyclic) bond motifs is 5. The molecule has 0 spiro atoms. The van der Waals surface area contributed by atoms with E-state index in [0.717, 1.165) is 51.1 Å². The number of hydrogen-bond donors (Lipinski definition) is 0. The van der Waals surface area contributed by atoms with Gasteiger partial charge in [-0.15, -0.1) is 0 Å². The summed E-state index contributed by atoms with van der Waals surface area (Å²) in [5.74, 6) is 0. The topological polar surface area (TPSA) is 19.6 Å². The zero-order chi connectivity index (χ0) is 26.5. The molecule has 0 saturated heterocycles. The van der Waals surface area contributed by atoms with Crippen LogP contribution in [0, 0.1) is 0 Å². The van der Waals surface area contributed by atoms with Gasteiger partial charge in [-0.2, -0.15) is 0 Å². The molecule has 2 heterocycles. The Morgan fingerprint density at radius 3 is 2.00 bits per heavy atom. The van der Waals surface area contributed by atoms with Crippen LogP contribution in [-0.4, -0.2) is 0 Å². The first-order valence-corrected chi connectivity index (χ1v) is 13.7. The van der Waals surface area contributed by atoms with Crippen molar-refractivity contribution >= 4 is 56.1 Å². The molecular formula is C37H26N2O. The maximum Gasteiger partial charge on any atom is 0.135 e. The van der Waals surface area contributed by atoms with Crippen LogP contribution in [0.5, 0.6) is 0 Å². The summed E-state index contributed by atoms with van der Waals surface area (Å²) < 4.78 is 6.14. The van der Waals surface area contributed by atoms with Crippen LogP contribution in [0.15, 0.2) is 150 Å². The van der Waals surface area contributed by atoms with Gasteiger partial charge >= 0.3 is 0 Å². The second-order valence-corrected chi connectivity index (χ2v) is 10.2. The standard InChI is InChI=1S/C37H26N2O/c1-3-12-28(13-4-1)38(30-21-22-37-33(24-30)32-16-8-10-18-36(32)40-37)31-20-19-27-23-26-11-7-9-17-34(26)39(35(27)25-31)29-14-5-2-6-15-29/h1-22,24-25H,23H2. The van der Waals surface area contributed by atoms with Gasteiger partial charge in [0.1, 0.15) is 11.2 Å². The molecule has 3 nitrogen and oxygen atoms in total. The van der Waals surface area contributed by atoms with E-state index in [1.807, 2.05) is 12.1 Å². The van der Waals surface area contributed by atoms with Crippen LogP contribution in [0.1, 0.15) is 11.1 Å². The van der Waals surface area contributed by atoms with E-state index in [4.69, 9.17) is 4.42 Å². The normalized spacial score (nSPS) is 12.3. The highest BCUT2D eigenvalue weighted by molar-refractivity contribution is 6.06. The Bertz CT molecular complexity index is 1990. The minimum absolute atomic E-state index is 0.898. The second-order valence-electron chi connectivity index (χ2n) is 10.2. The lowest BCUT2D eigenvalue weighted by molar-refractivity contribution is 0.669. The van der Waals surface area contributed by atoms with Crippen molar-refractivity contribution in [3.8, 4) is 0 Å². The van der Waals surface area contributed by atoms with Crippen molar-refractivity contribution in [2.45, 2.75) is 6.42 Å². The fourth-order valence-corrected chi connectivity index (χ4v) is 6.00. The molecule has 40 heavy (non-hydrogen) atoms. The van der Waals surface area contributed by atoms with E-state index < -0.39 is 0 Å². The highest BCUT2D eigenvalue weighted by Gasteiger charge is 2.25. The van der Waals surface area contributed by atoms with Gasteiger partial charge in [-0.3, -0.25) is 0 Å². The Hall–Kier alpha value is -5.28. The van der Waals surface area contributed by atoms with E-state index in [2.05, 4.69) is 143 Å². The Labute approximate surface area is 233 Å². The Morgan fingerprint density at radius 2 is 1.12 bits per heavy atom. The molecule has 0 saturated carbocycles. The summed E-state index contributed by atoms with van der Waals surface area (Å²) in [5, 5.41) is 2.25. The van der Waals surface area contributed by atoms with E-state index in [1.54, 1.807) is 0 Å². The third kappa shape index (κ3) is 3.67. The van der Waals surface area contributed by atoms with Crippen LogP contribution in [-0.2, 0) is 6.42 Å². The first-order valence-electron chi connectivity index (χ1n) is 13.7. The van der Waals surface area contributed by atoms with Crippen LogP contribution in [0.4, 0.5) is 34.1 Å². The monoisotopic (exact) mass is 514 g/mol. The summed E-state index contributed by atoms with van der Waals surface area (Å²) in [5.41, 5.74) is 11.4. The summed E-state index contributed by atoms with van der Waals surface area (Å²) in [6.45, 7) is 0. The predicted molar refractivity (Wildman–Crippen MR) is 166 cm³/mol. The Kier molecular flexibility index (Phi) is 5.20. The second kappa shape index (κ2) is 9.18. The first kappa shape index (κ1) is 22.7. The first-order chi connectivity index (χ1) is 19.8. The van der Waals surface area contributed by atoms with E-state index in [-0.39, 0.29) is 0 Å². The molecule has 8 rings (SSSR count). The maximum atomic E-state index is 6.14. The molecule has 0 unspecified atom stereocenters. The molecule has 0 bridgehead atoms. The number of hydrogen-bond acceptors (Lipinski definition) is 3. The average Bonchev–Trinajstić information content (AvgIpc) is 3.39. The fourth-order valence-electron chi connectivity index (χ4n) is 6.00. The van der Waals surface area contributed by atoms with E-state index in [0.29, 0.717) is 0 Å². The van der Waals surface area contributed by atoms with Gasteiger partial charge in [0.2, 0.25) is 0 Å². The number of para-hydroxylation sites is 4. The number of anilines is 6. The van der Waals surface area contributed by atoms with E-state index in [1.165, 1.54) is 22.5 Å². The fraction of sp³-hybridized carbons (Fsp3) is 0.0270. The van der Waals surface area contributed by atoms with Crippen LogP contribution in [0.3, 0.4) is 0 Å². The van der Waals surface area contributed by atoms with Gasteiger partial charge in [-0.05, 0) is 77.9 Å². The maximum absolute atomic E-state index is 6.14. The van der Waals surface area contributed by atoms with Crippen LogP contribution < -0.4 is 9.80 Å². The predicted octanol–water partition coefficient (Wildman–Crippen LogP) is 10.4. The van der Waals surface area contributed by atoms with Gasteiger partial charge in [0.15, 0.2) is 0 Å². The van der Waals surface area contributed by atoms with Crippen molar-refractivity contribution in [2.75, 3.05) is 9.80 Å². The van der Waals surface area contributed by atoms with Crippen molar-refractivity contribution in [1.82, 2.24) is 0 Å². The average molecular weight is 515 g/mol. The lowest BCUT2D eigenvalue weighted by Crippen LogP contribution is -2.19. The van der Waals surface area contributed by atoms with Gasteiger partial charge in [0, 0.05) is 45.6 Å². The largest absolute Gasteiger partial charge is 0.456 e. The van der Waals surface area contributed by atoms with Crippen LogP contribution >= 0.6 is 0 Å². The highest BCUT2D eigenvalue weighted by atomic mass is 16.3. The Morgan fingerprint density at radius 1 is 0.475 bits per heavy atom. The minimum Gasteiger partial charge on any atom is -0.456 e. The zero-order valence-corrected chi connectivity index (χ0v) is 21.9. The van der Waals surface area contributed by atoms with E-state index >= 15 is 0 Å². The van der Waals surface area contributed by atoms with Crippen LogP contribution in [0.25, 0.3) is 21.9 Å². The molecule has 1 aromatic heterocycles. The van der Waals surface area contributed by atoms with E-state index in [9.17, 15) is 0 Å². The molecule has 0 fully saturated rings. The summed E-state index contributed by atoms with van der Waals surface area (Å²) in [4.78, 5) is 4.73. The lowest BCUT2D eigenvalue weighted by Gasteiger charge is -2.35. The molecule has 0 aliphatic carbocycles. The van der Waals surface area contributed by atoms with Gasteiger partial charge in [-0.1, -0.05) is 78.9 Å². The molecule has 7 aromatic rings. The van der Waals surface area contributed by atoms with Gasteiger partial charge in [-0.25, -0.2) is 0 Å². The summed E-state index contributed by atoms with van der Waals surface area (Å²) in [7, 11) is 0. The lowest BCUT2D eigenvalue weighted by atomic mass is 9.94. The molecule has 0 amide bonds. The molecular weight excluding hydrogens is 488 g/mol. The van der Waals surface area contributed by atoms with Crippen LogP contribution in [0.2, 0.25) is 0 Å². The molecule has 190 valence electrons. The molecule has 0 N–H and O–H groups in total. The molecule has 0 radical (unpaired) electrons. The molecule has 1 aliphatic heterocycles. The number of nitrogens with zero attached hydrogens (tertiary/aromatic N) is 2. The highest BCUT2D eigenvalue weighted by Crippen LogP contribution is 2.47. The molecule has 6 aromatic carbocycles. The van der Waals surface area contributed by atoms with Crippen molar-refractivity contribution in [3.63, 3.8) is 0 Å². The van der Waals surface area contributed by atoms with Gasteiger partial charge in [0.25, 0.3) is 0 Å².